The zero-order valence-electron chi connectivity index (χ0n) is 19.1. The average Bonchev–Trinajstić information content (AvgIpc) is 3.11. The fraction of sp³-hybridized carbons (Fsp3) is 0.500. The zero-order chi connectivity index (χ0) is 23.3. The highest BCUT2D eigenvalue weighted by Gasteiger charge is 2.15. The van der Waals surface area contributed by atoms with Gasteiger partial charge in [-0.15, -0.1) is 21.6 Å². The summed E-state index contributed by atoms with van der Waals surface area (Å²) in [6.07, 6.45) is 4.74. The van der Waals surface area contributed by atoms with Crippen LogP contribution in [0, 0.1) is 36.5 Å². The van der Waals surface area contributed by atoms with Crippen molar-refractivity contribution in [3.05, 3.63) is 39.8 Å². The fourth-order valence-corrected chi connectivity index (χ4v) is 4.17. The standard InChI is InChI=1S/C24H31N5O2S/c1-4-5-6-7-10-29(11-13-31-14-12-30)20-8-9-22(18(2)15-20)27-28-24-21(16-25)19(3)23(17-26)32-24/h8-9,15,30H,4-7,10-14H2,1-3H3. The molecule has 0 aliphatic heterocycles. The van der Waals surface area contributed by atoms with Gasteiger partial charge in [-0.3, -0.25) is 0 Å². The topological polar surface area (TPSA) is 105 Å². The second-order valence-electron chi connectivity index (χ2n) is 7.51. The van der Waals surface area contributed by atoms with Gasteiger partial charge in [-0.2, -0.15) is 10.5 Å². The van der Waals surface area contributed by atoms with Crippen molar-refractivity contribution >= 4 is 27.7 Å². The number of unbranched alkanes of at least 4 members (excludes halogenated alkanes) is 3. The summed E-state index contributed by atoms with van der Waals surface area (Å²) in [5, 5.41) is 36.6. The number of nitriles is 2. The second kappa shape index (κ2) is 13.6. The van der Waals surface area contributed by atoms with Crippen molar-refractivity contribution in [2.45, 2.75) is 46.5 Å². The maximum absolute atomic E-state index is 9.38. The Morgan fingerprint density at radius 3 is 2.53 bits per heavy atom. The van der Waals surface area contributed by atoms with Crippen LogP contribution in [0.25, 0.3) is 0 Å². The van der Waals surface area contributed by atoms with Gasteiger partial charge in [0.1, 0.15) is 17.0 Å². The molecule has 0 unspecified atom stereocenters. The number of aliphatic hydroxyl groups excluding tert-OH is 1. The molecule has 1 aromatic heterocycles. The van der Waals surface area contributed by atoms with Gasteiger partial charge in [0, 0.05) is 18.8 Å². The van der Waals surface area contributed by atoms with Crippen LogP contribution in [0.2, 0.25) is 0 Å². The van der Waals surface area contributed by atoms with Gasteiger partial charge in [0.15, 0.2) is 5.00 Å². The molecule has 0 bridgehead atoms. The molecule has 170 valence electrons. The molecule has 1 aromatic carbocycles. The van der Waals surface area contributed by atoms with Gasteiger partial charge in [0.25, 0.3) is 0 Å². The van der Waals surface area contributed by atoms with Crippen molar-refractivity contribution < 1.29 is 9.84 Å². The van der Waals surface area contributed by atoms with E-state index in [-0.39, 0.29) is 6.61 Å². The summed E-state index contributed by atoms with van der Waals surface area (Å²) in [5.74, 6) is 0. The minimum atomic E-state index is 0.0302. The number of azo groups is 1. The van der Waals surface area contributed by atoms with Crippen LogP contribution < -0.4 is 4.90 Å². The van der Waals surface area contributed by atoms with Crippen LogP contribution in [0.15, 0.2) is 28.4 Å². The van der Waals surface area contributed by atoms with Gasteiger partial charge in [-0.05, 0) is 49.6 Å². The molecule has 0 atom stereocenters. The first-order chi connectivity index (χ1) is 15.5. The van der Waals surface area contributed by atoms with Crippen LogP contribution >= 0.6 is 11.3 Å². The lowest BCUT2D eigenvalue weighted by molar-refractivity contribution is 0.0966. The SMILES string of the molecule is CCCCCCN(CCOCCO)c1ccc(N=Nc2sc(C#N)c(C)c2C#N)c(C)c1. The van der Waals surface area contributed by atoms with E-state index in [1.54, 1.807) is 6.92 Å². The number of thiophene rings is 1. The average molecular weight is 454 g/mol. The third-order valence-electron chi connectivity index (χ3n) is 5.16. The van der Waals surface area contributed by atoms with Gasteiger partial charge in [0.05, 0.1) is 31.1 Å². The number of rotatable bonds is 13. The van der Waals surface area contributed by atoms with E-state index in [0.717, 1.165) is 36.4 Å². The summed E-state index contributed by atoms with van der Waals surface area (Å²) in [7, 11) is 0. The molecule has 0 saturated heterocycles. The molecule has 0 spiro atoms. The Bertz CT molecular complexity index is 975. The molecule has 0 saturated carbocycles. The molecule has 2 rings (SSSR count). The van der Waals surface area contributed by atoms with Crippen molar-refractivity contribution in [3.63, 3.8) is 0 Å². The Kier molecular flexibility index (Phi) is 10.8. The van der Waals surface area contributed by atoms with Gasteiger partial charge < -0.3 is 14.7 Å². The molecule has 0 radical (unpaired) electrons. The van der Waals surface area contributed by atoms with Crippen LogP contribution in [-0.2, 0) is 4.74 Å². The van der Waals surface area contributed by atoms with Crippen molar-refractivity contribution in [1.29, 1.82) is 10.5 Å². The molecule has 2 aromatic rings. The fourth-order valence-electron chi connectivity index (χ4n) is 3.30. The number of ether oxygens (including phenoxy) is 1. The summed E-state index contributed by atoms with van der Waals surface area (Å²) in [6.45, 7) is 8.58. The number of aryl methyl sites for hydroxylation is 1. The summed E-state index contributed by atoms with van der Waals surface area (Å²) < 4.78 is 5.47. The first-order valence-electron chi connectivity index (χ1n) is 10.9. The van der Waals surface area contributed by atoms with E-state index in [0.29, 0.717) is 34.2 Å². The van der Waals surface area contributed by atoms with E-state index in [9.17, 15) is 10.5 Å². The minimum Gasteiger partial charge on any atom is -0.394 e. The highest BCUT2D eigenvalue weighted by atomic mass is 32.1. The molecule has 8 heteroatoms. The van der Waals surface area contributed by atoms with E-state index >= 15 is 0 Å². The quantitative estimate of drug-likeness (QED) is 0.299. The highest BCUT2D eigenvalue weighted by molar-refractivity contribution is 7.16. The molecular weight excluding hydrogens is 422 g/mol. The van der Waals surface area contributed by atoms with E-state index in [1.807, 2.05) is 19.1 Å². The van der Waals surface area contributed by atoms with Crippen molar-refractivity contribution in [2.24, 2.45) is 10.2 Å². The summed E-state index contributed by atoms with van der Waals surface area (Å²) in [4.78, 5) is 2.79. The van der Waals surface area contributed by atoms with Gasteiger partial charge in [-0.1, -0.05) is 26.2 Å². The molecule has 1 heterocycles. The maximum atomic E-state index is 9.38. The van der Waals surface area contributed by atoms with Crippen LogP contribution in [0.3, 0.4) is 0 Å². The lowest BCUT2D eigenvalue weighted by atomic mass is 10.1. The Labute approximate surface area is 194 Å². The smallest absolute Gasteiger partial charge is 0.158 e. The number of aliphatic hydroxyl groups is 1. The van der Waals surface area contributed by atoms with Gasteiger partial charge >= 0.3 is 0 Å². The van der Waals surface area contributed by atoms with Crippen LogP contribution in [0.5, 0.6) is 0 Å². The van der Waals surface area contributed by atoms with Crippen LogP contribution in [0.1, 0.15) is 54.2 Å². The number of nitrogens with zero attached hydrogens (tertiary/aromatic N) is 5. The van der Waals surface area contributed by atoms with Gasteiger partial charge in [0.2, 0.25) is 0 Å². The summed E-state index contributed by atoms with van der Waals surface area (Å²) >= 11 is 1.19. The monoisotopic (exact) mass is 453 g/mol. The van der Waals surface area contributed by atoms with Crippen molar-refractivity contribution in [2.75, 3.05) is 37.8 Å². The van der Waals surface area contributed by atoms with E-state index in [4.69, 9.17) is 9.84 Å². The number of hydrogen-bond acceptors (Lipinski definition) is 8. The van der Waals surface area contributed by atoms with E-state index in [2.05, 4.69) is 40.3 Å². The number of anilines is 1. The molecule has 32 heavy (non-hydrogen) atoms. The van der Waals surface area contributed by atoms with E-state index in [1.165, 1.54) is 30.6 Å². The van der Waals surface area contributed by atoms with E-state index < -0.39 is 0 Å². The molecule has 0 amide bonds. The van der Waals surface area contributed by atoms with Crippen LogP contribution in [0.4, 0.5) is 16.4 Å². The number of hydrogen-bond donors (Lipinski definition) is 1. The molecular formula is C24H31N5O2S. The molecule has 0 fully saturated rings. The second-order valence-corrected chi connectivity index (χ2v) is 8.51. The largest absolute Gasteiger partial charge is 0.394 e. The van der Waals surface area contributed by atoms with Crippen LogP contribution in [-0.4, -0.2) is 38.0 Å². The first kappa shape index (κ1) is 25.5. The normalized spacial score (nSPS) is 10.9. The Morgan fingerprint density at radius 1 is 1.06 bits per heavy atom. The van der Waals surface area contributed by atoms with Gasteiger partial charge in [-0.25, -0.2) is 0 Å². The lowest BCUT2D eigenvalue weighted by Crippen LogP contribution is -2.29. The summed E-state index contributed by atoms with van der Waals surface area (Å²) in [5.41, 5.74) is 3.87. The van der Waals surface area contributed by atoms with Crippen molar-refractivity contribution in [3.8, 4) is 12.1 Å². The Morgan fingerprint density at radius 2 is 1.88 bits per heavy atom. The molecule has 0 aliphatic carbocycles. The Hall–Kier alpha value is -2.78. The highest BCUT2D eigenvalue weighted by Crippen LogP contribution is 2.36. The lowest BCUT2D eigenvalue weighted by Gasteiger charge is -2.25. The molecule has 0 aliphatic rings. The maximum Gasteiger partial charge on any atom is 0.158 e. The van der Waals surface area contributed by atoms with Crippen molar-refractivity contribution in [1.82, 2.24) is 0 Å². The predicted molar refractivity (Wildman–Crippen MR) is 128 cm³/mol. The third-order valence-corrected chi connectivity index (χ3v) is 6.24. The minimum absolute atomic E-state index is 0.0302. The number of benzene rings is 1. The third kappa shape index (κ3) is 7.13. The predicted octanol–water partition coefficient (Wildman–Crippen LogP) is 5.92. The first-order valence-corrected chi connectivity index (χ1v) is 11.8. The summed E-state index contributed by atoms with van der Waals surface area (Å²) in [6, 6.07) is 10.3. The molecule has 7 nitrogen and oxygen atoms in total. The Balaban J connectivity index is 2.17. The molecule has 1 N–H and O–H groups in total. The zero-order valence-corrected chi connectivity index (χ0v) is 19.9.